The van der Waals surface area contributed by atoms with Gasteiger partial charge in [-0.05, 0) is 37.0 Å². The zero-order chi connectivity index (χ0) is 22.7. The highest BCUT2D eigenvalue weighted by molar-refractivity contribution is 5.77. The number of likely N-dealkylation sites (tertiary alicyclic amines) is 1. The van der Waals surface area contributed by atoms with Crippen LogP contribution in [0.1, 0.15) is 43.7 Å². The number of nitrogens with zero attached hydrogens (tertiary/aromatic N) is 6. The van der Waals surface area contributed by atoms with Crippen molar-refractivity contribution in [2.75, 3.05) is 25.5 Å². The maximum atomic E-state index is 13.5. The van der Waals surface area contributed by atoms with Gasteiger partial charge in [0.25, 0.3) is 0 Å². The quantitative estimate of drug-likeness (QED) is 0.587. The third-order valence-corrected chi connectivity index (χ3v) is 5.92. The summed E-state index contributed by atoms with van der Waals surface area (Å²) in [5, 5.41) is 0. The van der Waals surface area contributed by atoms with Crippen molar-refractivity contribution < 1.29 is 9.18 Å². The molecule has 1 aliphatic heterocycles. The summed E-state index contributed by atoms with van der Waals surface area (Å²) in [6.45, 7) is 2.98. The minimum atomic E-state index is -0.289. The first kappa shape index (κ1) is 21.9. The molecule has 0 spiro atoms. The number of anilines is 1. The molecule has 0 saturated carbocycles. The smallest absolute Gasteiger partial charge is 0.243 e. The van der Waals surface area contributed by atoms with Crippen LogP contribution in [0, 0.1) is 5.82 Å². The molecular weight excluding hydrogens is 407 g/mol. The molecule has 168 valence electrons. The molecular formula is C24H29FN6O. The molecule has 4 rings (SSSR count). The minimum Gasteiger partial charge on any atom is -0.347 e. The zero-order valence-electron chi connectivity index (χ0n) is 18.8. The molecule has 7 nitrogen and oxygen atoms in total. The summed E-state index contributed by atoms with van der Waals surface area (Å²) >= 11 is 0. The average molecular weight is 437 g/mol. The van der Waals surface area contributed by atoms with E-state index < -0.39 is 0 Å². The first-order valence-electron chi connectivity index (χ1n) is 11.1. The van der Waals surface area contributed by atoms with Gasteiger partial charge in [-0.2, -0.15) is 0 Å². The van der Waals surface area contributed by atoms with Gasteiger partial charge in [0.15, 0.2) is 0 Å². The lowest BCUT2D eigenvalue weighted by Crippen LogP contribution is -2.41. The highest BCUT2D eigenvalue weighted by Gasteiger charge is 2.32. The molecule has 1 aromatic carbocycles. The van der Waals surface area contributed by atoms with Gasteiger partial charge in [-0.3, -0.25) is 4.79 Å². The maximum absolute atomic E-state index is 13.5. The molecule has 1 atom stereocenters. The Kier molecular flexibility index (Phi) is 6.48. The van der Waals surface area contributed by atoms with E-state index in [9.17, 15) is 9.18 Å². The lowest BCUT2D eigenvalue weighted by Gasteiger charge is -2.36. The van der Waals surface area contributed by atoms with E-state index in [0.717, 1.165) is 48.3 Å². The van der Waals surface area contributed by atoms with E-state index in [2.05, 4.69) is 9.97 Å². The number of carbonyl (C=O) groups excluding carboxylic acids is 1. The van der Waals surface area contributed by atoms with E-state index in [1.807, 2.05) is 41.6 Å². The van der Waals surface area contributed by atoms with E-state index in [0.29, 0.717) is 12.5 Å². The van der Waals surface area contributed by atoms with Gasteiger partial charge >= 0.3 is 0 Å². The highest BCUT2D eigenvalue weighted by atomic mass is 19.1. The topological polar surface area (TPSA) is 67.2 Å². The second kappa shape index (κ2) is 9.46. The molecule has 3 aromatic rings. The van der Waals surface area contributed by atoms with Crippen LogP contribution in [-0.4, -0.2) is 51.0 Å². The van der Waals surface area contributed by atoms with Crippen LogP contribution in [0.2, 0.25) is 0 Å². The SMILES string of the molecule is CCc1nccn1CC(=O)N1CCCC[C@H]1c1nc(N(C)C)ncc1-c1ccc(F)cc1. The predicted molar refractivity (Wildman–Crippen MR) is 122 cm³/mol. The molecule has 0 aliphatic carbocycles. The molecule has 1 saturated heterocycles. The first-order chi connectivity index (χ1) is 15.5. The Hall–Kier alpha value is -3.29. The Bertz CT molecular complexity index is 1080. The summed E-state index contributed by atoms with van der Waals surface area (Å²) < 4.78 is 15.5. The summed E-state index contributed by atoms with van der Waals surface area (Å²) in [5.74, 6) is 1.25. The number of amides is 1. The van der Waals surface area contributed by atoms with E-state index in [4.69, 9.17) is 4.98 Å². The molecule has 0 radical (unpaired) electrons. The van der Waals surface area contributed by atoms with E-state index >= 15 is 0 Å². The zero-order valence-corrected chi connectivity index (χ0v) is 18.8. The van der Waals surface area contributed by atoms with Crippen LogP contribution in [0.15, 0.2) is 42.9 Å². The second-order valence-corrected chi connectivity index (χ2v) is 8.29. The van der Waals surface area contributed by atoms with Gasteiger partial charge in [0, 0.05) is 51.2 Å². The number of rotatable bonds is 6. The number of benzene rings is 1. The molecule has 2 aromatic heterocycles. The number of imidazole rings is 1. The lowest BCUT2D eigenvalue weighted by molar-refractivity contribution is -0.135. The van der Waals surface area contributed by atoms with Crippen LogP contribution >= 0.6 is 0 Å². The summed E-state index contributed by atoms with van der Waals surface area (Å²) in [4.78, 5) is 30.9. The van der Waals surface area contributed by atoms with Crippen LogP contribution in [0.5, 0.6) is 0 Å². The van der Waals surface area contributed by atoms with Gasteiger partial charge in [0.2, 0.25) is 11.9 Å². The minimum absolute atomic E-state index is 0.0532. The fourth-order valence-corrected chi connectivity index (χ4v) is 4.26. The number of piperidine rings is 1. The van der Waals surface area contributed by atoms with Crippen LogP contribution < -0.4 is 4.90 Å². The van der Waals surface area contributed by atoms with Gasteiger partial charge < -0.3 is 14.4 Å². The van der Waals surface area contributed by atoms with Gasteiger partial charge in [-0.1, -0.05) is 19.1 Å². The molecule has 8 heteroatoms. The number of aromatic nitrogens is 4. The average Bonchev–Trinajstić information content (AvgIpc) is 3.26. The molecule has 1 amide bonds. The predicted octanol–water partition coefficient (Wildman–Crippen LogP) is 3.86. The number of aryl methyl sites for hydroxylation is 1. The molecule has 0 bridgehead atoms. The normalized spacial score (nSPS) is 16.2. The number of carbonyl (C=O) groups is 1. The molecule has 0 unspecified atom stereocenters. The fourth-order valence-electron chi connectivity index (χ4n) is 4.26. The molecule has 3 heterocycles. The van der Waals surface area contributed by atoms with Crippen LogP contribution in [-0.2, 0) is 17.8 Å². The van der Waals surface area contributed by atoms with Crippen molar-refractivity contribution >= 4 is 11.9 Å². The lowest BCUT2D eigenvalue weighted by atomic mass is 9.93. The second-order valence-electron chi connectivity index (χ2n) is 8.29. The molecule has 32 heavy (non-hydrogen) atoms. The monoisotopic (exact) mass is 436 g/mol. The van der Waals surface area contributed by atoms with Gasteiger partial charge in [-0.25, -0.2) is 19.3 Å². The third-order valence-electron chi connectivity index (χ3n) is 5.92. The van der Waals surface area contributed by atoms with Crippen molar-refractivity contribution in [1.29, 1.82) is 0 Å². The Labute approximate surface area is 187 Å². The third kappa shape index (κ3) is 4.49. The molecule has 1 fully saturated rings. The van der Waals surface area contributed by atoms with E-state index in [1.54, 1.807) is 24.5 Å². The van der Waals surface area contributed by atoms with Crippen molar-refractivity contribution in [3.63, 3.8) is 0 Å². The maximum Gasteiger partial charge on any atom is 0.243 e. The van der Waals surface area contributed by atoms with E-state index in [1.165, 1.54) is 12.1 Å². The van der Waals surface area contributed by atoms with Crippen LogP contribution in [0.3, 0.4) is 0 Å². The van der Waals surface area contributed by atoms with Crippen molar-refractivity contribution in [1.82, 2.24) is 24.4 Å². The highest BCUT2D eigenvalue weighted by Crippen LogP contribution is 2.36. The van der Waals surface area contributed by atoms with Crippen LogP contribution in [0.4, 0.5) is 10.3 Å². The summed E-state index contributed by atoms with van der Waals surface area (Å²) in [7, 11) is 3.79. The molecule has 0 N–H and O–H groups in total. The van der Waals surface area contributed by atoms with E-state index in [-0.39, 0.29) is 24.3 Å². The van der Waals surface area contributed by atoms with Crippen LogP contribution in [0.25, 0.3) is 11.1 Å². The Morgan fingerprint density at radius 2 is 1.97 bits per heavy atom. The summed E-state index contributed by atoms with van der Waals surface area (Å²) in [6, 6.07) is 6.19. The van der Waals surface area contributed by atoms with Crippen molar-refractivity contribution in [2.24, 2.45) is 0 Å². The largest absolute Gasteiger partial charge is 0.347 e. The summed E-state index contributed by atoms with van der Waals surface area (Å²) in [5.41, 5.74) is 2.48. The van der Waals surface area contributed by atoms with Gasteiger partial charge in [-0.15, -0.1) is 0 Å². The number of hydrogen-bond donors (Lipinski definition) is 0. The Morgan fingerprint density at radius 3 is 2.69 bits per heavy atom. The number of hydrogen-bond acceptors (Lipinski definition) is 5. The Morgan fingerprint density at radius 1 is 1.19 bits per heavy atom. The first-order valence-corrected chi connectivity index (χ1v) is 11.1. The number of halogens is 1. The van der Waals surface area contributed by atoms with Crippen molar-refractivity contribution in [2.45, 2.75) is 45.2 Å². The standard InChI is InChI=1S/C24H29FN6O/c1-4-21-26-12-14-30(21)16-22(32)31-13-6-5-7-20(31)23-19(15-27-24(28-23)29(2)3)17-8-10-18(25)11-9-17/h8-12,14-15,20H,4-7,13,16H2,1-3H3/t20-/m0/s1. The van der Waals surface area contributed by atoms with Gasteiger partial charge in [0.1, 0.15) is 18.2 Å². The van der Waals surface area contributed by atoms with Crippen molar-refractivity contribution in [3.8, 4) is 11.1 Å². The van der Waals surface area contributed by atoms with Gasteiger partial charge in [0.05, 0.1) is 11.7 Å². The fraction of sp³-hybridized carbons (Fsp3) is 0.417. The Balaban J connectivity index is 1.72. The van der Waals surface area contributed by atoms with Crippen molar-refractivity contribution in [3.05, 3.63) is 60.2 Å². The summed E-state index contributed by atoms with van der Waals surface area (Å²) in [6.07, 6.45) is 8.96. The molecule has 1 aliphatic rings.